The number of ether oxygens (including phenoxy) is 1. The zero-order valence-electron chi connectivity index (χ0n) is 27.7. The third-order valence-corrected chi connectivity index (χ3v) is 9.16. The molecule has 1 aromatic heterocycles. The predicted molar refractivity (Wildman–Crippen MR) is 186 cm³/mol. The zero-order chi connectivity index (χ0) is 41.5. The number of carboxylic acid groups (broad SMARTS) is 2. The van der Waals surface area contributed by atoms with E-state index in [0.29, 0.717) is 17.4 Å². The van der Waals surface area contributed by atoms with Crippen LogP contribution in [0.15, 0.2) is 70.2 Å². The van der Waals surface area contributed by atoms with E-state index in [1.807, 2.05) is 0 Å². The van der Waals surface area contributed by atoms with Crippen molar-refractivity contribution in [1.29, 1.82) is 0 Å². The Hall–Kier alpha value is -4.89. The molecule has 0 spiro atoms. The quantitative estimate of drug-likeness (QED) is 0.0447. The monoisotopic (exact) mass is 855 g/mol. The molecule has 17 nitrogen and oxygen atoms in total. The van der Waals surface area contributed by atoms with E-state index in [4.69, 9.17) is 52.5 Å². The molecule has 5 N–H and O–H groups in total. The van der Waals surface area contributed by atoms with Crippen LogP contribution in [0.1, 0.15) is 56.4 Å². The highest BCUT2D eigenvalue weighted by Crippen LogP contribution is 2.42. The van der Waals surface area contributed by atoms with Crippen LogP contribution in [-0.4, -0.2) is 75.3 Å². The summed E-state index contributed by atoms with van der Waals surface area (Å²) in [5.74, 6) is -2.64. The molecule has 0 saturated heterocycles. The van der Waals surface area contributed by atoms with E-state index in [1.165, 1.54) is 24.4 Å². The van der Waals surface area contributed by atoms with Gasteiger partial charge in [0, 0.05) is 34.9 Å². The number of hydrogen-bond acceptors (Lipinski definition) is 12. The van der Waals surface area contributed by atoms with Crippen molar-refractivity contribution in [3.05, 3.63) is 109 Å². The van der Waals surface area contributed by atoms with Crippen molar-refractivity contribution in [2.75, 3.05) is 19.1 Å². The van der Waals surface area contributed by atoms with E-state index >= 15 is 0 Å². The van der Waals surface area contributed by atoms with E-state index in [-0.39, 0.29) is 37.9 Å². The minimum absolute atomic E-state index is 0.0806. The first kappa shape index (κ1) is 44.5. The Balaban J connectivity index is 0.000000240. The third-order valence-electron chi connectivity index (χ3n) is 6.85. The number of carbonyl (C=O) groups is 3. The van der Waals surface area contributed by atoms with Crippen LogP contribution in [-0.2, 0) is 25.4 Å². The summed E-state index contributed by atoms with van der Waals surface area (Å²) >= 11 is 11.6. The summed E-state index contributed by atoms with van der Waals surface area (Å²) in [5, 5.41) is 33.4. The second kappa shape index (κ2) is 18.2. The fourth-order valence-corrected chi connectivity index (χ4v) is 6.06. The summed E-state index contributed by atoms with van der Waals surface area (Å²) in [6.45, 7) is -0.439. The number of aromatic nitrogens is 1. The first-order valence-corrected chi connectivity index (χ1v) is 19.4. The average Bonchev–Trinajstić information content (AvgIpc) is 3.79. The van der Waals surface area contributed by atoms with Crippen LogP contribution < -0.4 is 10.1 Å². The van der Waals surface area contributed by atoms with Crippen molar-refractivity contribution in [3.63, 3.8) is 0 Å². The molecule has 5 rings (SSSR count). The molecule has 55 heavy (non-hydrogen) atoms. The molecule has 0 bridgehead atoms. The van der Waals surface area contributed by atoms with Gasteiger partial charge in [-0.3, -0.25) is 29.6 Å². The number of nitrogens with one attached hydrogen (secondary N) is 1. The maximum atomic E-state index is 12.6. The summed E-state index contributed by atoms with van der Waals surface area (Å²) in [6, 6.07) is 9.47. The van der Waals surface area contributed by atoms with Gasteiger partial charge < -0.3 is 29.3 Å². The van der Waals surface area contributed by atoms with Gasteiger partial charge in [-0.15, -0.1) is 0 Å². The SMILES string of the molecule is CS(=O)(=O)c1cc(Cl)ccc1C(=O)c1cnoc1C1CC1.O=C(O)CNCP(=O)(O)O.O=C(O)c1cc(Oc2ccc(C(F)(F)F)cc2Cl)ccc1[N+](=O)[O-]. The molecule has 1 saturated carbocycles. The number of nitrogens with zero attached hydrogens (tertiary/aromatic N) is 2. The number of carboxylic acids is 2. The second-order valence-corrected chi connectivity index (χ2v) is 15.7. The van der Waals surface area contributed by atoms with Gasteiger partial charge in [-0.25, -0.2) is 13.2 Å². The van der Waals surface area contributed by atoms with E-state index < -0.39 is 75.9 Å². The number of ketones is 1. The lowest BCUT2D eigenvalue weighted by Gasteiger charge is -2.11. The Labute approximate surface area is 317 Å². The number of aromatic carboxylic acids is 1. The summed E-state index contributed by atoms with van der Waals surface area (Å²) in [6.07, 6.45) is -0.878. The number of rotatable bonds is 12. The average molecular weight is 857 g/mol. The highest BCUT2D eigenvalue weighted by molar-refractivity contribution is 7.90. The highest BCUT2D eigenvalue weighted by atomic mass is 35.5. The maximum Gasteiger partial charge on any atom is 0.416 e. The van der Waals surface area contributed by atoms with Crippen molar-refractivity contribution in [3.8, 4) is 11.5 Å². The lowest BCUT2D eigenvalue weighted by atomic mass is 10.0. The molecule has 0 radical (unpaired) electrons. The molecule has 0 unspecified atom stereocenters. The number of carbonyl (C=O) groups excluding carboxylic acids is 1. The van der Waals surface area contributed by atoms with Crippen LogP contribution in [0.3, 0.4) is 0 Å². The van der Waals surface area contributed by atoms with Crippen molar-refractivity contribution in [1.82, 2.24) is 10.5 Å². The molecule has 3 aromatic carbocycles. The van der Waals surface area contributed by atoms with Gasteiger partial charge in [-0.05, 0) is 55.3 Å². The van der Waals surface area contributed by atoms with Gasteiger partial charge >= 0.3 is 25.7 Å². The molecule has 4 aromatic rings. The molecule has 24 heteroatoms. The van der Waals surface area contributed by atoms with Crippen LogP contribution in [0.5, 0.6) is 11.5 Å². The fourth-order valence-electron chi connectivity index (χ4n) is 4.30. The summed E-state index contributed by atoms with van der Waals surface area (Å²) in [4.78, 5) is 59.6. The Kier molecular flexibility index (Phi) is 14.7. The minimum Gasteiger partial charge on any atom is -0.480 e. The van der Waals surface area contributed by atoms with E-state index in [1.54, 1.807) is 0 Å². The van der Waals surface area contributed by atoms with Gasteiger partial charge in [0.05, 0.1) is 45.0 Å². The second-order valence-electron chi connectivity index (χ2n) is 11.2. The molecule has 296 valence electrons. The normalized spacial score (nSPS) is 12.7. The Morgan fingerprint density at radius 3 is 2.20 bits per heavy atom. The molecule has 1 aliphatic carbocycles. The van der Waals surface area contributed by atoms with Gasteiger partial charge in [0.25, 0.3) is 5.69 Å². The number of hydrogen-bond donors (Lipinski definition) is 5. The number of sulfone groups is 1. The van der Waals surface area contributed by atoms with Crippen molar-refractivity contribution < 1.29 is 74.7 Å². The minimum atomic E-state index is -4.58. The first-order chi connectivity index (χ1) is 25.4. The summed E-state index contributed by atoms with van der Waals surface area (Å²) in [5.41, 5.74) is -1.83. The fraction of sp³-hybridized carbons (Fsp3) is 0.226. The van der Waals surface area contributed by atoms with Crippen molar-refractivity contribution >= 4 is 64.0 Å². The standard InChI is InChI=1S/C14H7ClF3NO5.C14H12ClNO4S.C3H8NO5P/c15-10-5-7(14(16,17)18)1-4-12(10)24-8-2-3-11(19(22)23)9(6-8)13(20)21;1-21(18,19)12-6-9(15)4-5-10(12)13(17)11-7-16-20-14(11)8-2-3-8;5-3(6)1-4-2-10(7,8)9/h1-6H,(H,20,21);4-8H,2-3H2,1H3;4H,1-2H2,(H,5,6)(H2,7,8,9). The highest BCUT2D eigenvalue weighted by Gasteiger charge is 2.34. The van der Waals surface area contributed by atoms with Gasteiger partial charge in [0.15, 0.2) is 21.4 Å². The number of halogens is 5. The molecule has 0 amide bonds. The lowest BCUT2D eigenvalue weighted by Crippen LogP contribution is -2.23. The molecular formula is C31H27Cl2F3N3O14PS. The van der Waals surface area contributed by atoms with Crippen LogP contribution in [0.4, 0.5) is 18.9 Å². The zero-order valence-corrected chi connectivity index (χ0v) is 30.9. The molecule has 1 aliphatic rings. The van der Waals surface area contributed by atoms with E-state index in [0.717, 1.165) is 49.4 Å². The Morgan fingerprint density at radius 2 is 1.69 bits per heavy atom. The van der Waals surface area contributed by atoms with Gasteiger partial charge in [0.1, 0.15) is 17.1 Å². The number of nitro groups is 1. The molecular weight excluding hydrogens is 829 g/mol. The summed E-state index contributed by atoms with van der Waals surface area (Å²) in [7, 11) is -7.66. The smallest absolute Gasteiger partial charge is 0.416 e. The van der Waals surface area contributed by atoms with Crippen molar-refractivity contribution in [2.24, 2.45) is 0 Å². The maximum absolute atomic E-state index is 12.6. The van der Waals surface area contributed by atoms with Crippen LogP contribution in [0.25, 0.3) is 0 Å². The largest absolute Gasteiger partial charge is 0.480 e. The molecule has 1 heterocycles. The van der Waals surface area contributed by atoms with Gasteiger partial charge in [-0.2, -0.15) is 13.2 Å². The number of benzene rings is 3. The number of nitro benzene ring substituents is 1. The first-order valence-electron chi connectivity index (χ1n) is 14.9. The van der Waals surface area contributed by atoms with Gasteiger partial charge in [-0.1, -0.05) is 28.4 Å². The van der Waals surface area contributed by atoms with E-state index in [2.05, 4.69) is 10.5 Å². The van der Waals surface area contributed by atoms with Crippen LogP contribution in [0, 0.1) is 10.1 Å². The molecule has 0 aliphatic heterocycles. The number of alkyl halides is 3. The van der Waals surface area contributed by atoms with Crippen LogP contribution in [0.2, 0.25) is 10.0 Å². The third kappa shape index (κ3) is 13.4. The number of aliphatic carboxylic acids is 1. The Bertz CT molecular complexity index is 2260. The van der Waals surface area contributed by atoms with E-state index in [9.17, 15) is 50.7 Å². The lowest BCUT2D eigenvalue weighted by molar-refractivity contribution is -0.385. The Morgan fingerprint density at radius 1 is 1.04 bits per heavy atom. The topological polar surface area (TPSA) is 274 Å². The summed E-state index contributed by atoms with van der Waals surface area (Å²) < 4.78 is 81.8. The van der Waals surface area contributed by atoms with Crippen LogP contribution >= 0.6 is 30.8 Å². The van der Waals surface area contributed by atoms with Gasteiger partial charge in [0.2, 0.25) is 0 Å². The molecule has 0 atom stereocenters. The van der Waals surface area contributed by atoms with Crippen molar-refractivity contribution in [2.45, 2.75) is 29.8 Å². The molecule has 1 fully saturated rings. The predicted octanol–water partition coefficient (Wildman–Crippen LogP) is 6.39.